The molecule has 1 unspecified atom stereocenters. The summed E-state index contributed by atoms with van der Waals surface area (Å²) in [5.41, 5.74) is 0. The van der Waals surface area contributed by atoms with Crippen molar-refractivity contribution in [2.24, 2.45) is 5.92 Å². The van der Waals surface area contributed by atoms with Gasteiger partial charge in [-0.3, -0.25) is 4.79 Å². The van der Waals surface area contributed by atoms with E-state index in [1.165, 1.54) is 11.0 Å². The molecule has 0 bridgehead atoms. The third-order valence-electron chi connectivity index (χ3n) is 2.02. The summed E-state index contributed by atoms with van der Waals surface area (Å²) in [6.45, 7) is 6.26. The average molecular weight is 244 g/mol. The van der Waals surface area contributed by atoms with Crippen molar-refractivity contribution >= 4 is 12.0 Å². The molecule has 0 aliphatic rings. The molecule has 98 valence electrons. The Morgan fingerprint density at radius 1 is 1.59 bits per heavy atom. The van der Waals surface area contributed by atoms with E-state index in [0.717, 1.165) is 0 Å². The minimum atomic E-state index is -1.05. The van der Waals surface area contributed by atoms with Gasteiger partial charge in [0.2, 0.25) is 0 Å². The predicted octanol–water partition coefficient (Wildman–Crippen LogP) is 0.551. The fourth-order valence-electron chi connectivity index (χ4n) is 1.26. The number of hydrogen-bond acceptors (Lipinski definition) is 3. The van der Waals surface area contributed by atoms with E-state index in [1.807, 2.05) is 6.92 Å². The highest BCUT2D eigenvalue weighted by Gasteiger charge is 2.15. The summed E-state index contributed by atoms with van der Waals surface area (Å²) in [6.07, 6.45) is 1.49. The van der Waals surface area contributed by atoms with Crippen LogP contribution in [0.3, 0.4) is 0 Å². The van der Waals surface area contributed by atoms with Gasteiger partial charge >= 0.3 is 12.0 Å². The normalized spacial score (nSPS) is 11.6. The van der Waals surface area contributed by atoms with E-state index in [0.29, 0.717) is 13.2 Å². The van der Waals surface area contributed by atoms with Gasteiger partial charge in [-0.1, -0.05) is 13.0 Å². The highest BCUT2D eigenvalue weighted by atomic mass is 16.5. The van der Waals surface area contributed by atoms with Gasteiger partial charge in [0.1, 0.15) is 6.54 Å². The molecule has 0 radical (unpaired) electrons. The number of carboxylic acids is 1. The van der Waals surface area contributed by atoms with Crippen LogP contribution >= 0.6 is 0 Å². The molecule has 0 heterocycles. The Kier molecular flexibility index (Phi) is 7.79. The van der Waals surface area contributed by atoms with Crippen LogP contribution in [-0.2, 0) is 9.53 Å². The SMILES string of the molecule is C=CCN(CC(=O)O)C(=O)NCC(C)COC. The van der Waals surface area contributed by atoms with E-state index < -0.39 is 12.0 Å². The molecule has 0 spiro atoms. The first-order valence-corrected chi connectivity index (χ1v) is 5.35. The van der Waals surface area contributed by atoms with E-state index in [2.05, 4.69) is 11.9 Å². The monoisotopic (exact) mass is 244 g/mol. The van der Waals surface area contributed by atoms with Crippen LogP contribution in [0.5, 0.6) is 0 Å². The lowest BCUT2D eigenvalue weighted by Gasteiger charge is -2.20. The Morgan fingerprint density at radius 3 is 2.71 bits per heavy atom. The topological polar surface area (TPSA) is 78.9 Å². The van der Waals surface area contributed by atoms with Crippen molar-refractivity contribution < 1.29 is 19.4 Å². The maximum absolute atomic E-state index is 11.6. The van der Waals surface area contributed by atoms with Gasteiger partial charge in [-0.25, -0.2) is 4.79 Å². The molecule has 0 aromatic rings. The number of methoxy groups -OCH3 is 1. The summed E-state index contributed by atoms with van der Waals surface area (Å²) in [5.74, 6) is -0.869. The van der Waals surface area contributed by atoms with Crippen molar-refractivity contribution in [2.75, 3.05) is 33.4 Å². The quantitative estimate of drug-likeness (QED) is 0.611. The fraction of sp³-hybridized carbons (Fsp3) is 0.636. The number of nitrogens with one attached hydrogen (secondary N) is 1. The number of aliphatic carboxylic acids is 1. The molecule has 1 atom stereocenters. The Balaban J connectivity index is 4.13. The lowest BCUT2D eigenvalue weighted by atomic mass is 10.2. The largest absolute Gasteiger partial charge is 0.480 e. The molecule has 0 aliphatic heterocycles. The van der Waals surface area contributed by atoms with Crippen molar-refractivity contribution in [1.29, 1.82) is 0 Å². The van der Waals surface area contributed by atoms with E-state index in [9.17, 15) is 9.59 Å². The summed E-state index contributed by atoms with van der Waals surface area (Å²) in [4.78, 5) is 23.4. The van der Waals surface area contributed by atoms with Crippen LogP contribution in [0.2, 0.25) is 0 Å². The number of urea groups is 1. The smallest absolute Gasteiger partial charge is 0.323 e. The van der Waals surface area contributed by atoms with Gasteiger partial charge in [-0.05, 0) is 5.92 Å². The standard InChI is InChI=1S/C11H20N2O4/c1-4-5-13(7-10(14)15)11(16)12-6-9(2)8-17-3/h4,9H,1,5-8H2,2-3H3,(H,12,16)(H,14,15). The second kappa shape index (κ2) is 8.58. The molecule has 6 heteroatoms. The maximum Gasteiger partial charge on any atom is 0.323 e. The Hall–Kier alpha value is -1.56. The molecular weight excluding hydrogens is 224 g/mol. The van der Waals surface area contributed by atoms with Gasteiger partial charge in [-0.15, -0.1) is 6.58 Å². The number of carbonyl (C=O) groups excluding carboxylic acids is 1. The molecule has 6 nitrogen and oxygen atoms in total. The zero-order chi connectivity index (χ0) is 13.3. The number of amides is 2. The van der Waals surface area contributed by atoms with Gasteiger partial charge in [0.15, 0.2) is 0 Å². The molecule has 0 saturated heterocycles. The second-order valence-corrected chi connectivity index (χ2v) is 3.81. The molecule has 0 rings (SSSR count). The Morgan fingerprint density at radius 2 is 2.24 bits per heavy atom. The van der Waals surface area contributed by atoms with Crippen molar-refractivity contribution in [3.8, 4) is 0 Å². The van der Waals surface area contributed by atoms with E-state index in [-0.39, 0.29) is 19.0 Å². The number of rotatable bonds is 8. The highest BCUT2D eigenvalue weighted by Crippen LogP contribution is 1.95. The summed E-state index contributed by atoms with van der Waals surface area (Å²) < 4.78 is 4.93. The zero-order valence-corrected chi connectivity index (χ0v) is 10.3. The number of nitrogens with zero attached hydrogens (tertiary/aromatic N) is 1. The van der Waals surface area contributed by atoms with Gasteiger partial charge in [0, 0.05) is 20.2 Å². The minimum Gasteiger partial charge on any atom is -0.480 e. The molecule has 0 fully saturated rings. The van der Waals surface area contributed by atoms with Crippen LogP contribution < -0.4 is 5.32 Å². The van der Waals surface area contributed by atoms with Crippen LogP contribution in [0.25, 0.3) is 0 Å². The first-order valence-electron chi connectivity index (χ1n) is 5.35. The lowest BCUT2D eigenvalue weighted by molar-refractivity contribution is -0.137. The first kappa shape index (κ1) is 15.4. The molecule has 17 heavy (non-hydrogen) atoms. The summed E-state index contributed by atoms with van der Waals surface area (Å²) in [5, 5.41) is 11.3. The highest BCUT2D eigenvalue weighted by molar-refractivity contribution is 5.80. The maximum atomic E-state index is 11.6. The van der Waals surface area contributed by atoms with E-state index >= 15 is 0 Å². The third kappa shape index (κ3) is 7.35. The molecule has 2 amide bonds. The molecule has 2 N–H and O–H groups in total. The number of carbonyl (C=O) groups is 2. The predicted molar refractivity (Wildman–Crippen MR) is 63.8 cm³/mol. The average Bonchev–Trinajstić information content (AvgIpc) is 2.25. The molecular formula is C11H20N2O4. The van der Waals surface area contributed by atoms with Crippen LogP contribution in [0.15, 0.2) is 12.7 Å². The van der Waals surface area contributed by atoms with Crippen LogP contribution in [0.4, 0.5) is 4.79 Å². The number of ether oxygens (including phenoxy) is 1. The van der Waals surface area contributed by atoms with Crippen molar-refractivity contribution in [2.45, 2.75) is 6.92 Å². The van der Waals surface area contributed by atoms with Crippen LogP contribution in [-0.4, -0.2) is 55.4 Å². The lowest BCUT2D eigenvalue weighted by Crippen LogP contribution is -2.44. The summed E-state index contributed by atoms with van der Waals surface area (Å²) in [7, 11) is 1.59. The Labute approximate surface area is 101 Å². The third-order valence-corrected chi connectivity index (χ3v) is 2.02. The molecule has 0 aromatic heterocycles. The molecule has 0 saturated carbocycles. The number of carboxylic acid groups (broad SMARTS) is 1. The van der Waals surface area contributed by atoms with Gasteiger partial charge in [0.05, 0.1) is 6.61 Å². The van der Waals surface area contributed by atoms with Crippen LogP contribution in [0, 0.1) is 5.92 Å². The first-order chi connectivity index (χ1) is 8.01. The van der Waals surface area contributed by atoms with Crippen molar-refractivity contribution in [1.82, 2.24) is 10.2 Å². The number of hydrogen-bond donors (Lipinski definition) is 2. The minimum absolute atomic E-state index is 0.180. The molecule has 0 aliphatic carbocycles. The van der Waals surface area contributed by atoms with E-state index in [4.69, 9.17) is 9.84 Å². The van der Waals surface area contributed by atoms with Gasteiger partial charge in [-0.2, -0.15) is 0 Å². The summed E-state index contributed by atoms with van der Waals surface area (Å²) >= 11 is 0. The summed E-state index contributed by atoms with van der Waals surface area (Å²) in [6, 6.07) is -0.407. The van der Waals surface area contributed by atoms with Gasteiger partial charge < -0.3 is 20.1 Å². The van der Waals surface area contributed by atoms with Crippen LogP contribution in [0.1, 0.15) is 6.92 Å². The fourth-order valence-corrected chi connectivity index (χ4v) is 1.26. The second-order valence-electron chi connectivity index (χ2n) is 3.81. The van der Waals surface area contributed by atoms with Crippen molar-refractivity contribution in [3.05, 3.63) is 12.7 Å². The van der Waals surface area contributed by atoms with E-state index in [1.54, 1.807) is 7.11 Å². The zero-order valence-electron chi connectivity index (χ0n) is 10.3. The van der Waals surface area contributed by atoms with Crippen molar-refractivity contribution in [3.63, 3.8) is 0 Å². The molecule has 0 aromatic carbocycles. The van der Waals surface area contributed by atoms with Gasteiger partial charge in [0.25, 0.3) is 0 Å². The Bertz CT molecular complexity index is 268.